The normalized spacial score (nSPS) is 21.1. The van der Waals surface area contributed by atoms with Crippen molar-refractivity contribution < 1.29 is 15.0 Å². The lowest BCUT2D eigenvalue weighted by Gasteiger charge is -2.40. The minimum Gasteiger partial charge on any atom is -0.506 e. The van der Waals surface area contributed by atoms with Gasteiger partial charge in [-0.25, -0.2) is 0 Å². The van der Waals surface area contributed by atoms with Gasteiger partial charge in [0.2, 0.25) is 0 Å². The Kier molecular flexibility index (Phi) is 5.05. The molecule has 1 atom stereocenters. The smallest absolute Gasteiger partial charge is 0.253 e. The number of amides is 1. The van der Waals surface area contributed by atoms with E-state index in [4.69, 9.17) is 0 Å². The van der Waals surface area contributed by atoms with E-state index < -0.39 is 5.60 Å². The summed E-state index contributed by atoms with van der Waals surface area (Å²) >= 11 is 0. The second kappa shape index (κ2) is 7.64. The van der Waals surface area contributed by atoms with Crippen molar-refractivity contribution in [2.24, 2.45) is 5.10 Å². The van der Waals surface area contributed by atoms with Gasteiger partial charge >= 0.3 is 0 Å². The van der Waals surface area contributed by atoms with Crippen LogP contribution in [0.4, 0.5) is 5.69 Å². The molecular weight excluding hydrogens is 354 g/mol. The Bertz CT molecular complexity index is 860. The molecule has 6 heteroatoms. The second-order valence-corrected chi connectivity index (χ2v) is 7.61. The summed E-state index contributed by atoms with van der Waals surface area (Å²) < 4.78 is 0. The van der Waals surface area contributed by atoms with Crippen LogP contribution in [0, 0.1) is 0 Å². The van der Waals surface area contributed by atoms with Crippen LogP contribution in [0.25, 0.3) is 0 Å². The summed E-state index contributed by atoms with van der Waals surface area (Å²) in [4.78, 5) is 14.4. The highest BCUT2D eigenvalue weighted by atomic mass is 16.3. The highest BCUT2D eigenvalue weighted by Crippen LogP contribution is 2.36. The molecule has 1 unspecified atom stereocenters. The van der Waals surface area contributed by atoms with Crippen LogP contribution in [0.5, 0.6) is 5.75 Å². The van der Waals surface area contributed by atoms with Crippen molar-refractivity contribution in [1.82, 2.24) is 4.90 Å². The van der Waals surface area contributed by atoms with Crippen LogP contribution >= 0.6 is 0 Å². The number of likely N-dealkylation sites (tertiary alicyclic amines) is 1. The van der Waals surface area contributed by atoms with Crippen LogP contribution in [-0.4, -0.2) is 52.0 Å². The van der Waals surface area contributed by atoms with Gasteiger partial charge in [0, 0.05) is 31.3 Å². The molecule has 0 spiro atoms. The number of hydrazone groups is 1. The molecule has 2 aromatic carbocycles. The minimum atomic E-state index is -0.839. The van der Waals surface area contributed by atoms with E-state index in [1.54, 1.807) is 17.1 Å². The number of aliphatic hydroxyl groups is 1. The predicted molar refractivity (Wildman–Crippen MR) is 109 cm³/mol. The van der Waals surface area contributed by atoms with E-state index in [1.165, 1.54) is 0 Å². The van der Waals surface area contributed by atoms with Crippen LogP contribution < -0.4 is 5.01 Å². The third kappa shape index (κ3) is 3.73. The molecule has 2 aromatic rings. The van der Waals surface area contributed by atoms with Crippen molar-refractivity contribution in [2.45, 2.75) is 37.3 Å². The standard InChI is InChI=1S/C22H25N3O3/c26-20-9-5-4-8-19(20)25-18(10-13-23-25)16-22(28)11-14-24(15-12-22)21(27)17-6-2-1-3-7-17/h1-9,13,18,26,28H,10-12,14-16H2. The Hall–Kier alpha value is -2.86. The van der Waals surface area contributed by atoms with E-state index in [0.717, 1.165) is 6.42 Å². The van der Waals surface area contributed by atoms with Gasteiger partial charge in [0.15, 0.2) is 0 Å². The number of piperidine rings is 1. The van der Waals surface area contributed by atoms with Crippen molar-refractivity contribution in [1.29, 1.82) is 0 Å². The fourth-order valence-electron chi connectivity index (χ4n) is 4.07. The van der Waals surface area contributed by atoms with E-state index in [2.05, 4.69) is 5.10 Å². The molecule has 1 amide bonds. The third-order valence-electron chi connectivity index (χ3n) is 5.68. The van der Waals surface area contributed by atoms with Crippen LogP contribution in [-0.2, 0) is 0 Å². The van der Waals surface area contributed by atoms with Crippen LogP contribution in [0.1, 0.15) is 36.0 Å². The molecule has 0 saturated carbocycles. The summed E-state index contributed by atoms with van der Waals surface area (Å²) in [6, 6.07) is 16.4. The summed E-state index contributed by atoms with van der Waals surface area (Å²) in [7, 11) is 0. The number of phenolic OH excluding ortho intramolecular Hbond substituents is 1. The number of carbonyl (C=O) groups excluding carboxylic acids is 1. The molecule has 6 nitrogen and oxygen atoms in total. The predicted octanol–water partition coefficient (Wildman–Crippen LogP) is 3.01. The van der Waals surface area contributed by atoms with E-state index in [0.29, 0.717) is 43.6 Å². The fraction of sp³-hybridized carbons (Fsp3) is 0.364. The summed E-state index contributed by atoms with van der Waals surface area (Å²) in [6.07, 6.45) is 4.18. The van der Waals surface area contributed by atoms with Crippen molar-refractivity contribution in [3.8, 4) is 5.75 Å². The molecule has 4 rings (SSSR count). The Morgan fingerprint density at radius 2 is 1.75 bits per heavy atom. The molecule has 2 N–H and O–H groups in total. The van der Waals surface area contributed by atoms with Gasteiger partial charge in [0.25, 0.3) is 5.91 Å². The Morgan fingerprint density at radius 3 is 2.46 bits per heavy atom. The van der Waals surface area contributed by atoms with Gasteiger partial charge in [-0.2, -0.15) is 5.10 Å². The molecule has 2 aliphatic heterocycles. The first-order chi connectivity index (χ1) is 13.6. The van der Waals surface area contributed by atoms with Gasteiger partial charge in [-0.15, -0.1) is 0 Å². The summed E-state index contributed by atoms with van der Waals surface area (Å²) in [6.45, 7) is 1.07. The molecule has 2 heterocycles. The van der Waals surface area contributed by atoms with Crippen molar-refractivity contribution in [3.63, 3.8) is 0 Å². The second-order valence-electron chi connectivity index (χ2n) is 7.61. The van der Waals surface area contributed by atoms with Gasteiger partial charge in [-0.1, -0.05) is 30.3 Å². The first-order valence-corrected chi connectivity index (χ1v) is 9.72. The number of carbonyl (C=O) groups is 1. The number of nitrogens with zero attached hydrogens (tertiary/aromatic N) is 3. The first-order valence-electron chi connectivity index (χ1n) is 9.72. The molecule has 0 aromatic heterocycles. The Labute approximate surface area is 164 Å². The number of hydrogen-bond donors (Lipinski definition) is 2. The van der Waals surface area contributed by atoms with E-state index in [9.17, 15) is 15.0 Å². The lowest BCUT2D eigenvalue weighted by Crippen LogP contribution is -2.49. The number of hydrogen-bond acceptors (Lipinski definition) is 5. The first kappa shape index (κ1) is 18.5. The quantitative estimate of drug-likeness (QED) is 0.856. The number of phenols is 1. The highest BCUT2D eigenvalue weighted by molar-refractivity contribution is 5.94. The van der Waals surface area contributed by atoms with Crippen LogP contribution in [0.3, 0.4) is 0 Å². The molecule has 1 fully saturated rings. The topological polar surface area (TPSA) is 76.4 Å². The van der Waals surface area contributed by atoms with Crippen molar-refractivity contribution >= 4 is 17.8 Å². The lowest BCUT2D eigenvalue weighted by atomic mass is 9.84. The number of benzene rings is 2. The number of aromatic hydroxyl groups is 1. The molecule has 1 saturated heterocycles. The average Bonchev–Trinajstić information content (AvgIpc) is 3.16. The van der Waals surface area contributed by atoms with E-state index in [-0.39, 0.29) is 17.7 Å². The van der Waals surface area contributed by atoms with E-state index in [1.807, 2.05) is 53.6 Å². The summed E-state index contributed by atoms with van der Waals surface area (Å²) in [5.74, 6) is 0.199. The maximum Gasteiger partial charge on any atom is 0.253 e. The summed E-state index contributed by atoms with van der Waals surface area (Å²) in [5.41, 5.74) is 0.499. The zero-order chi connectivity index (χ0) is 19.6. The fourth-order valence-corrected chi connectivity index (χ4v) is 4.07. The number of anilines is 1. The molecule has 0 bridgehead atoms. The summed E-state index contributed by atoms with van der Waals surface area (Å²) in [5, 5.41) is 27.5. The maximum atomic E-state index is 12.6. The monoisotopic (exact) mass is 379 g/mol. The van der Waals surface area contributed by atoms with Gasteiger partial charge in [0.05, 0.1) is 11.6 Å². The minimum absolute atomic E-state index is 0.00493. The molecule has 0 radical (unpaired) electrons. The molecular formula is C22H25N3O3. The van der Waals surface area contributed by atoms with Gasteiger partial charge in [-0.3, -0.25) is 9.80 Å². The van der Waals surface area contributed by atoms with Crippen molar-refractivity contribution in [3.05, 3.63) is 60.2 Å². The lowest BCUT2D eigenvalue weighted by molar-refractivity contribution is -0.0269. The average molecular weight is 379 g/mol. The maximum absolute atomic E-state index is 12.6. The molecule has 0 aliphatic carbocycles. The molecule has 28 heavy (non-hydrogen) atoms. The van der Waals surface area contributed by atoms with Gasteiger partial charge in [-0.05, 0) is 43.5 Å². The number of rotatable bonds is 4. The molecule has 2 aliphatic rings. The Morgan fingerprint density at radius 1 is 1.07 bits per heavy atom. The van der Waals surface area contributed by atoms with Crippen molar-refractivity contribution in [2.75, 3.05) is 18.1 Å². The van der Waals surface area contributed by atoms with E-state index >= 15 is 0 Å². The van der Waals surface area contributed by atoms with Gasteiger partial charge < -0.3 is 15.1 Å². The van der Waals surface area contributed by atoms with Crippen LogP contribution in [0.15, 0.2) is 59.7 Å². The zero-order valence-corrected chi connectivity index (χ0v) is 15.7. The zero-order valence-electron chi connectivity index (χ0n) is 15.7. The Balaban J connectivity index is 1.39. The largest absolute Gasteiger partial charge is 0.506 e. The third-order valence-corrected chi connectivity index (χ3v) is 5.68. The van der Waals surface area contributed by atoms with Gasteiger partial charge in [0.1, 0.15) is 11.4 Å². The highest BCUT2D eigenvalue weighted by Gasteiger charge is 2.39. The SMILES string of the molecule is O=C(c1ccccc1)N1CCC(O)(CC2CC=NN2c2ccccc2O)CC1. The number of para-hydroxylation sites is 2. The van der Waals surface area contributed by atoms with Crippen LogP contribution in [0.2, 0.25) is 0 Å². The molecule has 146 valence electrons.